The molecule has 0 saturated carbocycles. The van der Waals surface area contributed by atoms with E-state index in [9.17, 15) is 17.6 Å². The summed E-state index contributed by atoms with van der Waals surface area (Å²) in [6.07, 6.45) is 1.98. The number of carbonyl (C=O) groups excluding carboxylic acids is 1. The van der Waals surface area contributed by atoms with Crippen LogP contribution in [0.2, 0.25) is 0 Å². The number of carbonyl (C=O) groups is 1. The summed E-state index contributed by atoms with van der Waals surface area (Å²) in [5.41, 5.74) is 0. The summed E-state index contributed by atoms with van der Waals surface area (Å²) in [5, 5.41) is 3.14. The molecule has 1 amide bonds. The first-order valence-corrected chi connectivity index (χ1v) is 9.59. The minimum absolute atomic E-state index is 0. The predicted octanol–water partition coefficient (Wildman–Crippen LogP) is 1.37. The Labute approximate surface area is 154 Å². The first-order valence-electron chi connectivity index (χ1n) is 8.10. The smallest absolute Gasteiger partial charge is 0.243 e. The number of halogens is 2. The van der Waals surface area contributed by atoms with E-state index in [0.717, 1.165) is 25.5 Å². The molecule has 0 radical (unpaired) electrons. The largest absolute Gasteiger partial charge is 0.343 e. The standard InChI is InChI=1S/C16H24FN3O3S.ClH/c1-18-12-13-7-10-20(11-8-13)16(21)6-9-19-24(22,23)15-5-3-2-4-14(15)17;/h2-5,13,18-19H,6-12H2,1H3;1H. The van der Waals surface area contributed by atoms with E-state index in [2.05, 4.69) is 10.0 Å². The van der Waals surface area contributed by atoms with Crippen molar-refractivity contribution in [3.63, 3.8) is 0 Å². The summed E-state index contributed by atoms with van der Waals surface area (Å²) in [4.78, 5) is 13.5. The summed E-state index contributed by atoms with van der Waals surface area (Å²) in [6, 6.07) is 5.18. The Morgan fingerprint density at radius 1 is 1.28 bits per heavy atom. The van der Waals surface area contributed by atoms with Gasteiger partial charge in [-0.25, -0.2) is 17.5 Å². The van der Waals surface area contributed by atoms with Gasteiger partial charge in [0.15, 0.2) is 0 Å². The molecule has 0 bridgehead atoms. The molecule has 1 fully saturated rings. The second-order valence-corrected chi connectivity index (χ2v) is 7.70. The molecular formula is C16H25ClFN3O3S. The fourth-order valence-corrected chi connectivity index (χ4v) is 3.97. The number of likely N-dealkylation sites (tertiary alicyclic amines) is 1. The number of benzene rings is 1. The quantitative estimate of drug-likeness (QED) is 0.733. The van der Waals surface area contributed by atoms with Gasteiger partial charge in [0.25, 0.3) is 0 Å². The van der Waals surface area contributed by atoms with Crippen LogP contribution >= 0.6 is 12.4 Å². The maximum Gasteiger partial charge on any atom is 0.243 e. The number of nitrogens with zero attached hydrogens (tertiary/aromatic N) is 1. The lowest BCUT2D eigenvalue weighted by atomic mass is 9.96. The van der Waals surface area contributed by atoms with Crippen molar-refractivity contribution in [3.05, 3.63) is 30.1 Å². The van der Waals surface area contributed by atoms with Crippen LogP contribution in [-0.2, 0) is 14.8 Å². The molecule has 0 aliphatic carbocycles. The van der Waals surface area contributed by atoms with Gasteiger partial charge in [0.2, 0.25) is 15.9 Å². The van der Waals surface area contributed by atoms with E-state index in [-0.39, 0.29) is 31.3 Å². The van der Waals surface area contributed by atoms with E-state index in [1.54, 1.807) is 4.90 Å². The molecule has 0 aromatic heterocycles. The second-order valence-electron chi connectivity index (χ2n) is 5.96. The van der Waals surface area contributed by atoms with Crippen LogP contribution in [0, 0.1) is 11.7 Å². The Hall–Kier alpha value is -1.22. The number of rotatable bonds is 7. The van der Waals surface area contributed by atoms with Gasteiger partial charge >= 0.3 is 0 Å². The van der Waals surface area contributed by atoms with Crippen LogP contribution in [0.5, 0.6) is 0 Å². The number of amides is 1. The molecule has 1 aliphatic heterocycles. The second kappa shape index (κ2) is 10.1. The fourth-order valence-electron chi connectivity index (χ4n) is 2.87. The minimum atomic E-state index is -3.94. The van der Waals surface area contributed by atoms with Crippen molar-refractivity contribution < 1.29 is 17.6 Å². The molecule has 2 N–H and O–H groups in total. The lowest BCUT2D eigenvalue weighted by Gasteiger charge is -2.32. The number of piperidine rings is 1. The monoisotopic (exact) mass is 393 g/mol. The molecule has 1 aromatic rings. The van der Waals surface area contributed by atoms with Crippen LogP contribution < -0.4 is 10.0 Å². The van der Waals surface area contributed by atoms with Gasteiger partial charge in [-0.3, -0.25) is 4.79 Å². The zero-order chi connectivity index (χ0) is 17.6. The Kier molecular flexibility index (Phi) is 8.78. The average molecular weight is 394 g/mol. The lowest BCUT2D eigenvalue weighted by Crippen LogP contribution is -2.41. The highest BCUT2D eigenvalue weighted by Crippen LogP contribution is 2.17. The number of hydrogen-bond acceptors (Lipinski definition) is 4. The van der Waals surface area contributed by atoms with Crippen LogP contribution in [0.15, 0.2) is 29.2 Å². The van der Waals surface area contributed by atoms with Gasteiger partial charge < -0.3 is 10.2 Å². The van der Waals surface area contributed by atoms with Crippen molar-refractivity contribution in [2.75, 3.05) is 33.2 Å². The first kappa shape index (κ1) is 21.8. The zero-order valence-electron chi connectivity index (χ0n) is 14.2. The van der Waals surface area contributed by atoms with Crippen molar-refractivity contribution in [1.82, 2.24) is 14.9 Å². The Bertz CT molecular complexity index is 664. The van der Waals surface area contributed by atoms with Gasteiger partial charge in [0, 0.05) is 26.1 Å². The highest BCUT2D eigenvalue weighted by atomic mass is 35.5. The van der Waals surface area contributed by atoms with Gasteiger partial charge in [0.1, 0.15) is 10.7 Å². The molecule has 1 aromatic carbocycles. The van der Waals surface area contributed by atoms with Gasteiger partial charge in [-0.1, -0.05) is 12.1 Å². The van der Waals surface area contributed by atoms with Crippen molar-refractivity contribution in [2.45, 2.75) is 24.2 Å². The van der Waals surface area contributed by atoms with Gasteiger partial charge in [-0.2, -0.15) is 0 Å². The van der Waals surface area contributed by atoms with E-state index < -0.39 is 20.7 Å². The summed E-state index contributed by atoms with van der Waals surface area (Å²) >= 11 is 0. The highest BCUT2D eigenvalue weighted by Gasteiger charge is 2.23. The van der Waals surface area contributed by atoms with E-state index in [4.69, 9.17) is 0 Å². The topological polar surface area (TPSA) is 78.5 Å². The molecule has 9 heteroatoms. The van der Waals surface area contributed by atoms with Crippen LogP contribution in [0.25, 0.3) is 0 Å². The lowest BCUT2D eigenvalue weighted by molar-refractivity contribution is -0.132. The van der Waals surface area contributed by atoms with E-state index in [1.165, 1.54) is 18.2 Å². The average Bonchev–Trinajstić information content (AvgIpc) is 2.56. The van der Waals surface area contributed by atoms with Gasteiger partial charge in [-0.15, -0.1) is 12.4 Å². The third kappa shape index (κ3) is 6.22. The van der Waals surface area contributed by atoms with Crippen molar-refractivity contribution >= 4 is 28.3 Å². The normalized spacial score (nSPS) is 15.7. The Morgan fingerprint density at radius 2 is 1.92 bits per heavy atom. The van der Waals surface area contributed by atoms with E-state index in [0.29, 0.717) is 19.0 Å². The van der Waals surface area contributed by atoms with Crippen LogP contribution in [0.4, 0.5) is 4.39 Å². The molecule has 1 saturated heterocycles. The van der Waals surface area contributed by atoms with Crippen LogP contribution in [0.1, 0.15) is 19.3 Å². The molecule has 6 nitrogen and oxygen atoms in total. The van der Waals surface area contributed by atoms with E-state index in [1.807, 2.05) is 7.05 Å². The van der Waals surface area contributed by atoms with Gasteiger partial charge in [0.05, 0.1) is 0 Å². The van der Waals surface area contributed by atoms with Crippen molar-refractivity contribution in [1.29, 1.82) is 0 Å². The fraction of sp³-hybridized carbons (Fsp3) is 0.562. The molecule has 25 heavy (non-hydrogen) atoms. The highest BCUT2D eigenvalue weighted by molar-refractivity contribution is 7.89. The third-order valence-corrected chi connectivity index (χ3v) is 5.71. The van der Waals surface area contributed by atoms with Crippen molar-refractivity contribution in [3.8, 4) is 0 Å². The predicted molar refractivity (Wildman–Crippen MR) is 96.7 cm³/mol. The Balaban J connectivity index is 0.00000312. The third-order valence-electron chi connectivity index (χ3n) is 4.22. The number of hydrogen-bond donors (Lipinski definition) is 2. The molecule has 0 atom stereocenters. The minimum Gasteiger partial charge on any atom is -0.343 e. The summed E-state index contributed by atoms with van der Waals surface area (Å²) < 4.78 is 39.9. The van der Waals surface area contributed by atoms with Crippen molar-refractivity contribution in [2.24, 2.45) is 5.92 Å². The zero-order valence-corrected chi connectivity index (χ0v) is 15.8. The maximum atomic E-state index is 13.6. The summed E-state index contributed by atoms with van der Waals surface area (Å²) in [7, 11) is -2.02. The Morgan fingerprint density at radius 3 is 2.52 bits per heavy atom. The van der Waals surface area contributed by atoms with E-state index >= 15 is 0 Å². The molecule has 142 valence electrons. The molecule has 1 heterocycles. The molecule has 0 spiro atoms. The summed E-state index contributed by atoms with van der Waals surface area (Å²) in [5.74, 6) is -0.296. The maximum absolute atomic E-state index is 13.6. The molecular weight excluding hydrogens is 369 g/mol. The number of nitrogens with one attached hydrogen (secondary N) is 2. The van der Waals surface area contributed by atoms with Crippen LogP contribution in [-0.4, -0.2) is 52.5 Å². The van der Waals surface area contributed by atoms with Crippen LogP contribution in [0.3, 0.4) is 0 Å². The van der Waals surface area contributed by atoms with Gasteiger partial charge in [-0.05, 0) is 44.5 Å². The first-order chi connectivity index (χ1) is 11.4. The molecule has 0 unspecified atom stereocenters. The number of sulfonamides is 1. The molecule has 2 rings (SSSR count). The SMILES string of the molecule is CNCC1CCN(C(=O)CCNS(=O)(=O)c2ccccc2F)CC1.Cl. The molecule has 1 aliphatic rings. The summed E-state index contributed by atoms with van der Waals surface area (Å²) in [6.45, 7) is 2.31.